The lowest BCUT2D eigenvalue weighted by Gasteiger charge is -2.16. The van der Waals surface area contributed by atoms with Crippen molar-refractivity contribution in [3.05, 3.63) is 58.7 Å². The van der Waals surface area contributed by atoms with Crippen molar-refractivity contribution in [2.24, 2.45) is 4.99 Å². The first-order chi connectivity index (χ1) is 13.2. The maximum atomic E-state index is 6.04. The van der Waals surface area contributed by atoms with Crippen LogP contribution < -0.4 is 15.5 Å². The van der Waals surface area contributed by atoms with Crippen molar-refractivity contribution in [1.82, 2.24) is 15.6 Å². The standard InChI is InChI=1S/C21H28ClN5/c1-2-23-21(24-11-10-17-6-5-7-19(22)14-17)26-16-18-8-9-20(25-15-18)27-12-3-4-13-27/h5-9,14-15H,2-4,10-13,16H2,1H3,(H2,23,24,26). The maximum Gasteiger partial charge on any atom is 0.191 e. The summed E-state index contributed by atoms with van der Waals surface area (Å²) in [6, 6.07) is 12.2. The summed E-state index contributed by atoms with van der Waals surface area (Å²) in [6.07, 6.45) is 5.37. The first-order valence-electron chi connectivity index (χ1n) is 9.71. The predicted molar refractivity (Wildman–Crippen MR) is 114 cm³/mol. The van der Waals surface area contributed by atoms with Gasteiger partial charge in [-0.15, -0.1) is 0 Å². The van der Waals surface area contributed by atoms with E-state index < -0.39 is 0 Å². The molecule has 1 aromatic heterocycles. The molecule has 0 aliphatic carbocycles. The average molecular weight is 386 g/mol. The van der Waals surface area contributed by atoms with Gasteiger partial charge in [0.15, 0.2) is 5.96 Å². The molecular weight excluding hydrogens is 358 g/mol. The van der Waals surface area contributed by atoms with Crippen molar-refractivity contribution in [3.63, 3.8) is 0 Å². The number of guanidine groups is 1. The summed E-state index contributed by atoms with van der Waals surface area (Å²) in [5.74, 6) is 1.90. The van der Waals surface area contributed by atoms with E-state index in [0.717, 1.165) is 55.0 Å². The van der Waals surface area contributed by atoms with Crippen LogP contribution in [0.3, 0.4) is 0 Å². The number of anilines is 1. The van der Waals surface area contributed by atoms with Crippen LogP contribution in [-0.2, 0) is 13.0 Å². The molecule has 0 unspecified atom stereocenters. The molecule has 0 radical (unpaired) electrons. The van der Waals surface area contributed by atoms with E-state index in [9.17, 15) is 0 Å². The molecule has 6 heteroatoms. The van der Waals surface area contributed by atoms with Crippen molar-refractivity contribution in [1.29, 1.82) is 0 Å². The summed E-state index contributed by atoms with van der Waals surface area (Å²) < 4.78 is 0. The van der Waals surface area contributed by atoms with E-state index >= 15 is 0 Å². The number of hydrogen-bond acceptors (Lipinski definition) is 3. The molecule has 2 aromatic rings. The lowest BCUT2D eigenvalue weighted by molar-refractivity contribution is 0.799. The third-order valence-corrected chi connectivity index (χ3v) is 4.83. The monoisotopic (exact) mass is 385 g/mol. The van der Waals surface area contributed by atoms with Gasteiger partial charge in [0.25, 0.3) is 0 Å². The predicted octanol–water partition coefficient (Wildman–Crippen LogP) is 3.63. The Balaban J connectivity index is 1.51. The van der Waals surface area contributed by atoms with Crippen molar-refractivity contribution in [3.8, 4) is 0 Å². The van der Waals surface area contributed by atoms with Crippen LogP contribution in [-0.4, -0.2) is 37.1 Å². The minimum atomic E-state index is 0.611. The zero-order chi connectivity index (χ0) is 18.9. The molecule has 0 amide bonds. The van der Waals surface area contributed by atoms with Gasteiger partial charge in [-0.3, -0.25) is 0 Å². The Bertz CT molecular complexity index is 738. The first-order valence-corrected chi connectivity index (χ1v) is 10.1. The summed E-state index contributed by atoms with van der Waals surface area (Å²) in [7, 11) is 0. The molecule has 1 saturated heterocycles. The van der Waals surface area contributed by atoms with Gasteiger partial charge < -0.3 is 15.5 Å². The number of aliphatic imine (C=N–C) groups is 1. The van der Waals surface area contributed by atoms with Crippen LogP contribution in [0.4, 0.5) is 5.82 Å². The summed E-state index contributed by atoms with van der Waals surface area (Å²) in [5, 5.41) is 7.45. The largest absolute Gasteiger partial charge is 0.357 e. The van der Waals surface area contributed by atoms with Crippen LogP contribution in [0.15, 0.2) is 47.6 Å². The van der Waals surface area contributed by atoms with E-state index in [1.54, 1.807) is 0 Å². The van der Waals surface area contributed by atoms with Crippen molar-refractivity contribution in [2.45, 2.75) is 32.7 Å². The van der Waals surface area contributed by atoms with Crippen LogP contribution in [0.25, 0.3) is 0 Å². The molecule has 1 aromatic carbocycles. The third-order valence-electron chi connectivity index (χ3n) is 4.60. The lowest BCUT2D eigenvalue weighted by Crippen LogP contribution is -2.38. The van der Waals surface area contributed by atoms with Crippen molar-refractivity contribution >= 4 is 23.4 Å². The molecule has 5 nitrogen and oxygen atoms in total. The number of aromatic nitrogens is 1. The number of pyridine rings is 1. The van der Waals surface area contributed by atoms with Crippen LogP contribution in [0.1, 0.15) is 30.9 Å². The zero-order valence-electron chi connectivity index (χ0n) is 15.9. The normalized spacial score (nSPS) is 14.4. The van der Waals surface area contributed by atoms with Gasteiger partial charge in [-0.25, -0.2) is 9.98 Å². The fourth-order valence-corrected chi connectivity index (χ4v) is 3.39. The number of benzene rings is 1. The molecule has 2 heterocycles. The molecule has 3 rings (SSSR count). The van der Waals surface area contributed by atoms with Gasteiger partial charge in [-0.1, -0.05) is 29.8 Å². The zero-order valence-corrected chi connectivity index (χ0v) is 16.7. The Morgan fingerprint density at radius 1 is 1.15 bits per heavy atom. The maximum absolute atomic E-state index is 6.04. The molecule has 0 atom stereocenters. The first kappa shape index (κ1) is 19.5. The summed E-state index contributed by atoms with van der Waals surface area (Å²) in [4.78, 5) is 11.6. The van der Waals surface area contributed by atoms with Gasteiger partial charge in [0, 0.05) is 37.4 Å². The number of hydrogen-bond donors (Lipinski definition) is 2. The number of halogens is 1. The summed E-state index contributed by atoms with van der Waals surface area (Å²) in [6.45, 7) is 6.55. The van der Waals surface area contributed by atoms with E-state index in [1.165, 1.54) is 18.4 Å². The lowest BCUT2D eigenvalue weighted by atomic mass is 10.1. The van der Waals surface area contributed by atoms with Gasteiger partial charge >= 0.3 is 0 Å². The Kier molecular flexibility index (Phi) is 7.34. The number of nitrogens with zero attached hydrogens (tertiary/aromatic N) is 3. The topological polar surface area (TPSA) is 52.6 Å². The van der Waals surface area contributed by atoms with Gasteiger partial charge in [-0.2, -0.15) is 0 Å². The van der Waals surface area contributed by atoms with Crippen molar-refractivity contribution < 1.29 is 0 Å². The fourth-order valence-electron chi connectivity index (χ4n) is 3.17. The second kappa shape index (κ2) is 10.2. The molecule has 2 N–H and O–H groups in total. The smallest absolute Gasteiger partial charge is 0.191 e. The average Bonchev–Trinajstić information content (AvgIpc) is 3.21. The van der Waals surface area contributed by atoms with Crippen LogP contribution in [0.5, 0.6) is 0 Å². The van der Waals surface area contributed by atoms with Crippen LogP contribution >= 0.6 is 11.6 Å². The van der Waals surface area contributed by atoms with E-state index in [4.69, 9.17) is 11.6 Å². The molecular formula is C21H28ClN5. The minimum absolute atomic E-state index is 0.611. The van der Waals surface area contributed by atoms with Gasteiger partial charge in [-0.05, 0) is 55.5 Å². The molecule has 1 aliphatic heterocycles. The Hall–Kier alpha value is -2.27. The molecule has 1 fully saturated rings. The van der Waals surface area contributed by atoms with Gasteiger partial charge in [0.2, 0.25) is 0 Å². The number of rotatable bonds is 7. The Morgan fingerprint density at radius 2 is 2.00 bits per heavy atom. The minimum Gasteiger partial charge on any atom is -0.357 e. The van der Waals surface area contributed by atoms with E-state index in [-0.39, 0.29) is 0 Å². The molecule has 144 valence electrons. The second-order valence-corrected chi connectivity index (χ2v) is 7.16. The number of nitrogens with one attached hydrogen (secondary N) is 2. The van der Waals surface area contributed by atoms with Crippen molar-refractivity contribution in [2.75, 3.05) is 31.1 Å². The highest BCUT2D eigenvalue weighted by Crippen LogP contribution is 2.17. The molecule has 0 saturated carbocycles. The molecule has 0 spiro atoms. The van der Waals surface area contributed by atoms with E-state index in [2.05, 4.69) is 50.6 Å². The Labute approximate surface area is 166 Å². The van der Waals surface area contributed by atoms with E-state index in [0.29, 0.717) is 6.54 Å². The quantitative estimate of drug-likeness (QED) is 0.564. The van der Waals surface area contributed by atoms with E-state index in [1.807, 2.05) is 24.4 Å². The SMILES string of the molecule is CCNC(=NCc1ccc(N2CCCC2)nc1)NCCc1cccc(Cl)c1. The highest BCUT2D eigenvalue weighted by atomic mass is 35.5. The fraction of sp³-hybridized carbons (Fsp3) is 0.429. The third kappa shape index (κ3) is 6.14. The van der Waals surface area contributed by atoms with Crippen LogP contribution in [0.2, 0.25) is 5.02 Å². The van der Waals surface area contributed by atoms with Crippen LogP contribution in [0, 0.1) is 0 Å². The highest BCUT2D eigenvalue weighted by molar-refractivity contribution is 6.30. The highest BCUT2D eigenvalue weighted by Gasteiger charge is 2.12. The summed E-state index contributed by atoms with van der Waals surface area (Å²) >= 11 is 6.04. The van der Waals surface area contributed by atoms with Gasteiger partial charge in [0.1, 0.15) is 5.82 Å². The summed E-state index contributed by atoms with van der Waals surface area (Å²) in [5.41, 5.74) is 2.33. The van der Waals surface area contributed by atoms with Gasteiger partial charge in [0.05, 0.1) is 6.54 Å². The molecule has 27 heavy (non-hydrogen) atoms. The molecule has 1 aliphatic rings. The second-order valence-electron chi connectivity index (χ2n) is 6.72. The molecule has 0 bridgehead atoms. The Morgan fingerprint density at radius 3 is 2.70 bits per heavy atom.